The van der Waals surface area contributed by atoms with Crippen LogP contribution in [0.15, 0.2) is 36.4 Å². The fraction of sp³-hybridized carbons (Fsp3) is 0.231. The van der Waals surface area contributed by atoms with Gasteiger partial charge >= 0.3 is 0 Å². The summed E-state index contributed by atoms with van der Waals surface area (Å²) in [7, 11) is 3.13. The van der Waals surface area contributed by atoms with Crippen LogP contribution in [0, 0.1) is 0 Å². The smallest absolute Gasteiger partial charge is 0.220 e. The largest absolute Gasteiger partial charge is 0.481 e. The highest BCUT2D eigenvalue weighted by atomic mass is 79.9. The van der Waals surface area contributed by atoms with Crippen molar-refractivity contribution in [2.75, 3.05) is 14.2 Å². The summed E-state index contributed by atoms with van der Waals surface area (Å²) in [5.41, 5.74) is 1.08. The minimum Gasteiger partial charge on any atom is -0.481 e. The second-order valence-electron chi connectivity index (χ2n) is 3.58. The minimum absolute atomic E-state index is 0.0947. The first-order chi connectivity index (χ1) is 8.74. The van der Waals surface area contributed by atoms with Crippen LogP contribution < -0.4 is 9.47 Å². The van der Waals surface area contributed by atoms with E-state index in [1.54, 1.807) is 20.3 Å². The van der Waals surface area contributed by atoms with Crippen LogP contribution in [0.4, 0.5) is 0 Å². The summed E-state index contributed by atoms with van der Waals surface area (Å²) < 4.78 is 10.3. The first kappa shape index (κ1) is 12.8. The number of alkyl halides is 1. The highest BCUT2D eigenvalue weighted by Gasteiger charge is 2.15. The van der Waals surface area contributed by atoms with E-state index in [0.717, 1.165) is 5.56 Å². The van der Waals surface area contributed by atoms with Crippen LogP contribution in [0.5, 0.6) is 11.8 Å². The lowest BCUT2D eigenvalue weighted by molar-refractivity contribution is 0.368. The first-order valence-corrected chi connectivity index (χ1v) is 6.32. The summed E-state index contributed by atoms with van der Waals surface area (Å²) in [6.45, 7) is 0. The van der Waals surface area contributed by atoms with Gasteiger partial charge in [-0.25, -0.2) is 0 Å². The summed E-state index contributed by atoms with van der Waals surface area (Å²) in [4.78, 5) is 8.54. The molecule has 1 heterocycles. The van der Waals surface area contributed by atoms with Gasteiger partial charge in [-0.15, -0.1) is 0 Å². The van der Waals surface area contributed by atoms with E-state index in [1.165, 1.54) is 0 Å². The van der Waals surface area contributed by atoms with Gasteiger partial charge in [0.25, 0.3) is 0 Å². The van der Waals surface area contributed by atoms with Crippen LogP contribution >= 0.6 is 15.9 Å². The molecule has 0 amide bonds. The van der Waals surface area contributed by atoms with Crippen molar-refractivity contribution in [2.24, 2.45) is 0 Å². The van der Waals surface area contributed by atoms with Gasteiger partial charge in [0, 0.05) is 0 Å². The van der Waals surface area contributed by atoms with Crippen molar-refractivity contribution in [1.29, 1.82) is 0 Å². The molecule has 18 heavy (non-hydrogen) atoms. The minimum atomic E-state index is -0.0947. The quantitative estimate of drug-likeness (QED) is 0.815. The lowest BCUT2D eigenvalue weighted by atomic mass is 10.1. The molecule has 0 N–H and O–H groups in total. The van der Waals surface area contributed by atoms with Gasteiger partial charge < -0.3 is 9.47 Å². The van der Waals surface area contributed by atoms with Crippen molar-refractivity contribution in [3.63, 3.8) is 0 Å². The highest BCUT2D eigenvalue weighted by molar-refractivity contribution is 9.09. The van der Waals surface area contributed by atoms with Gasteiger partial charge in [0.2, 0.25) is 11.8 Å². The molecule has 0 bridgehead atoms. The summed E-state index contributed by atoms with van der Waals surface area (Å²) in [6, 6.07) is 11.6. The number of halogens is 1. The molecule has 2 aromatic rings. The average molecular weight is 309 g/mol. The number of rotatable bonds is 4. The third-order valence-electron chi connectivity index (χ3n) is 2.43. The molecule has 0 saturated carbocycles. The lowest BCUT2D eigenvalue weighted by Gasteiger charge is -2.11. The first-order valence-electron chi connectivity index (χ1n) is 5.40. The molecule has 4 nitrogen and oxygen atoms in total. The molecule has 1 aromatic carbocycles. The van der Waals surface area contributed by atoms with E-state index in [-0.39, 0.29) is 4.83 Å². The number of ether oxygens (including phenoxy) is 2. The molecule has 0 aliphatic rings. The fourth-order valence-corrected chi connectivity index (χ4v) is 2.02. The summed E-state index contributed by atoms with van der Waals surface area (Å²) in [5, 5.41) is 0. The molecule has 0 fully saturated rings. The van der Waals surface area contributed by atoms with Gasteiger partial charge in [0.15, 0.2) is 5.82 Å². The average Bonchev–Trinajstić information content (AvgIpc) is 2.46. The van der Waals surface area contributed by atoms with Gasteiger partial charge in [-0.3, -0.25) is 0 Å². The van der Waals surface area contributed by atoms with Gasteiger partial charge in [0.1, 0.15) is 0 Å². The highest BCUT2D eigenvalue weighted by Crippen LogP contribution is 2.30. The molecule has 0 aliphatic heterocycles. The monoisotopic (exact) mass is 308 g/mol. The van der Waals surface area contributed by atoms with Crippen molar-refractivity contribution >= 4 is 15.9 Å². The number of benzene rings is 1. The Kier molecular flexibility index (Phi) is 4.15. The molecule has 0 aliphatic carbocycles. The Labute approximate surface area is 114 Å². The van der Waals surface area contributed by atoms with Crippen LogP contribution in [0.1, 0.15) is 16.2 Å². The molecular weight excluding hydrogens is 296 g/mol. The maximum absolute atomic E-state index is 5.13. The predicted molar refractivity (Wildman–Crippen MR) is 72.3 cm³/mol. The molecular formula is C13H13BrN2O2. The molecule has 0 radical (unpaired) electrons. The Morgan fingerprint density at radius 1 is 1.00 bits per heavy atom. The third kappa shape index (κ3) is 2.79. The molecule has 0 spiro atoms. The SMILES string of the molecule is COc1cc(OC)nc([C@H](Br)c2ccccc2)n1. The van der Waals surface area contributed by atoms with E-state index in [9.17, 15) is 0 Å². The number of hydrogen-bond acceptors (Lipinski definition) is 4. The number of aromatic nitrogens is 2. The van der Waals surface area contributed by atoms with Gasteiger partial charge in [-0.05, 0) is 5.56 Å². The Bertz CT molecular complexity index is 497. The van der Waals surface area contributed by atoms with E-state index in [1.807, 2.05) is 30.3 Å². The van der Waals surface area contributed by atoms with Crippen LogP contribution in [0.2, 0.25) is 0 Å². The van der Waals surface area contributed by atoms with E-state index in [0.29, 0.717) is 17.6 Å². The Morgan fingerprint density at radius 3 is 2.06 bits per heavy atom. The number of nitrogens with zero attached hydrogens (tertiary/aromatic N) is 2. The molecule has 94 valence electrons. The lowest BCUT2D eigenvalue weighted by Crippen LogP contribution is -2.03. The summed E-state index contributed by atoms with van der Waals surface area (Å²) >= 11 is 3.58. The molecule has 1 aromatic heterocycles. The molecule has 1 atom stereocenters. The van der Waals surface area contributed by atoms with Crippen LogP contribution in [-0.2, 0) is 0 Å². The van der Waals surface area contributed by atoms with Gasteiger partial charge in [-0.2, -0.15) is 9.97 Å². The second kappa shape index (κ2) is 5.82. The maximum atomic E-state index is 5.13. The Morgan fingerprint density at radius 2 is 1.56 bits per heavy atom. The van der Waals surface area contributed by atoms with Crippen LogP contribution in [-0.4, -0.2) is 24.2 Å². The van der Waals surface area contributed by atoms with E-state index in [4.69, 9.17) is 9.47 Å². The van der Waals surface area contributed by atoms with Crippen molar-refractivity contribution in [3.05, 3.63) is 47.8 Å². The van der Waals surface area contributed by atoms with E-state index < -0.39 is 0 Å². The summed E-state index contributed by atoms with van der Waals surface area (Å²) in [6.07, 6.45) is 0. The summed E-state index contributed by atoms with van der Waals surface area (Å²) in [5.74, 6) is 1.58. The Hall–Kier alpha value is -1.62. The normalized spacial score (nSPS) is 11.9. The van der Waals surface area contributed by atoms with Crippen molar-refractivity contribution in [3.8, 4) is 11.8 Å². The van der Waals surface area contributed by atoms with Gasteiger partial charge in [-0.1, -0.05) is 46.3 Å². The van der Waals surface area contributed by atoms with Crippen molar-refractivity contribution in [2.45, 2.75) is 4.83 Å². The zero-order valence-corrected chi connectivity index (χ0v) is 11.7. The van der Waals surface area contributed by atoms with Crippen molar-refractivity contribution in [1.82, 2.24) is 9.97 Å². The zero-order chi connectivity index (χ0) is 13.0. The number of methoxy groups -OCH3 is 2. The van der Waals surface area contributed by atoms with Gasteiger partial charge in [0.05, 0.1) is 25.1 Å². The second-order valence-corrected chi connectivity index (χ2v) is 4.50. The van der Waals surface area contributed by atoms with Crippen molar-refractivity contribution < 1.29 is 9.47 Å². The standard InChI is InChI=1S/C13H13BrN2O2/c1-17-10-8-11(18-2)16-13(15-10)12(14)9-6-4-3-5-7-9/h3-8,12H,1-2H3/t12-/m1/s1. The molecule has 2 rings (SSSR count). The molecule has 0 unspecified atom stereocenters. The zero-order valence-electron chi connectivity index (χ0n) is 10.1. The third-order valence-corrected chi connectivity index (χ3v) is 3.37. The fourth-order valence-electron chi connectivity index (χ4n) is 1.51. The van der Waals surface area contributed by atoms with E-state index in [2.05, 4.69) is 25.9 Å². The molecule has 5 heteroatoms. The van der Waals surface area contributed by atoms with E-state index >= 15 is 0 Å². The predicted octanol–water partition coefficient (Wildman–Crippen LogP) is 2.98. The molecule has 0 saturated heterocycles. The van der Waals surface area contributed by atoms with Crippen LogP contribution in [0.25, 0.3) is 0 Å². The van der Waals surface area contributed by atoms with Crippen LogP contribution in [0.3, 0.4) is 0 Å². The Balaban J connectivity index is 2.38. The topological polar surface area (TPSA) is 44.2 Å². The maximum Gasteiger partial charge on any atom is 0.220 e. The number of hydrogen-bond donors (Lipinski definition) is 0.